The number of unbranched alkanes of at least 4 members (excludes halogenated alkanes) is 3. The minimum Gasteiger partial charge on any atom is -0.469 e. The van der Waals surface area contributed by atoms with Gasteiger partial charge in [-0.25, -0.2) is 0 Å². The molecule has 5 nitrogen and oxygen atoms in total. The molecule has 0 bridgehead atoms. The Labute approximate surface area is 159 Å². The lowest BCUT2D eigenvalue weighted by Gasteiger charge is -2.15. The number of esters is 1. The predicted molar refractivity (Wildman–Crippen MR) is 108 cm³/mol. The lowest BCUT2D eigenvalue weighted by molar-refractivity contribution is -0.140. The van der Waals surface area contributed by atoms with Crippen molar-refractivity contribution in [3.63, 3.8) is 0 Å². The van der Waals surface area contributed by atoms with Gasteiger partial charge < -0.3 is 15.8 Å². The molecule has 0 saturated heterocycles. The number of methoxy groups -OCH3 is 1. The molecule has 0 heterocycles. The van der Waals surface area contributed by atoms with E-state index in [1.54, 1.807) is 0 Å². The van der Waals surface area contributed by atoms with Gasteiger partial charge in [-0.05, 0) is 32.1 Å². The Kier molecular flexibility index (Phi) is 17.6. The Morgan fingerprint density at radius 3 is 2.35 bits per heavy atom. The molecule has 1 unspecified atom stereocenters. The zero-order valence-electron chi connectivity index (χ0n) is 15.3. The standard InChI is InChI=1S/C17H35N3O2.HI/c1-14(2)10-9-11-15(3)20-17(18)19-13-8-6-5-7-12-16(21)22-4;/h14-15H,5-13H2,1-4H3,(H3,18,19,20);1H. The van der Waals surface area contributed by atoms with E-state index < -0.39 is 0 Å². The monoisotopic (exact) mass is 441 g/mol. The van der Waals surface area contributed by atoms with Gasteiger partial charge in [-0.2, -0.15) is 0 Å². The molecular weight excluding hydrogens is 405 g/mol. The van der Waals surface area contributed by atoms with E-state index in [1.165, 1.54) is 20.0 Å². The average molecular weight is 441 g/mol. The van der Waals surface area contributed by atoms with Crippen LogP contribution in [0.15, 0.2) is 4.99 Å². The molecule has 0 amide bonds. The van der Waals surface area contributed by atoms with Crippen molar-refractivity contribution in [3.8, 4) is 0 Å². The van der Waals surface area contributed by atoms with Crippen molar-refractivity contribution in [2.45, 2.75) is 78.2 Å². The van der Waals surface area contributed by atoms with Crippen LogP contribution < -0.4 is 11.1 Å². The van der Waals surface area contributed by atoms with Gasteiger partial charge in [0.15, 0.2) is 5.96 Å². The number of nitrogens with zero attached hydrogens (tertiary/aromatic N) is 1. The van der Waals surface area contributed by atoms with Gasteiger partial charge in [0.1, 0.15) is 0 Å². The highest BCUT2D eigenvalue weighted by Crippen LogP contribution is 2.08. The van der Waals surface area contributed by atoms with E-state index in [2.05, 4.69) is 35.8 Å². The van der Waals surface area contributed by atoms with Crippen molar-refractivity contribution < 1.29 is 9.53 Å². The summed E-state index contributed by atoms with van der Waals surface area (Å²) in [5.74, 6) is 1.18. The lowest BCUT2D eigenvalue weighted by atomic mass is 10.0. The minimum atomic E-state index is -0.127. The van der Waals surface area contributed by atoms with Gasteiger partial charge in [-0.15, -0.1) is 24.0 Å². The molecule has 0 spiro atoms. The normalized spacial score (nSPS) is 12.7. The summed E-state index contributed by atoms with van der Waals surface area (Å²) >= 11 is 0. The molecule has 3 N–H and O–H groups in total. The Morgan fingerprint density at radius 1 is 1.09 bits per heavy atom. The van der Waals surface area contributed by atoms with Gasteiger partial charge in [0.2, 0.25) is 0 Å². The summed E-state index contributed by atoms with van der Waals surface area (Å²) < 4.78 is 4.60. The number of halogens is 1. The SMILES string of the molecule is COC(=O)CCCCCCN=C(N)NC(C)CCCC(C)C.I. The number of carbonyl (C=O) groups excluding carboxylic acids is 1. The van der Waals surface area contributed by atoms with Gasteiger partial charge >= 0.3 is 5.97 Å². The van der Waals surface area contributed by atoms with Crippen LogP contribution in [0.5, 0.6) is 0 Å². The third-order valence-corrected chi connectivity index (χ3v) is 3.61. The summed E-state index contributed by atoms with van der Waals surface area (Å²) in [6.45, 7) is 7.39. The number of carbonyl (C=O) groups is 1. The molecule has 23 heavy (non-hydrogen) atoms. The number of nitrogens with two attached hydrogens (primary N) is 1. The zero-order chi connectivity index (χ0) is 16.8. The molecule has 0 aromatic carbocycles. The Morgan fingerprint density at radius 2 is 1.74 bits per heavy atom. The van der Waals surface area contributed by atoms with Crippen molar-refractivity contribution in [2.24, 2.45) is 16.6 Å². The maximum Gasteiger partial charge on any atom is 0.305 e. The molecule has 0 saturated carbocycles. The molecule has 0 aliphatic heterocycles. The maximum absolute atomic E-state index is 10.9. The van der Waals surface area contributed by atoms with E-state index in [9.17, 15) is 4.79 Å². The van der Waals surface area contributed by atoms with Gasteiger partial charge in [0, 0.05) is 19.0 Å². The highest BCUT2D eigenvalue weighted by atomic mass is 127. The molecular formula is C17H36IN3O2. The van der Waals surface area contributed by atoms with Crippen molar-refractivity contribution in [1.29, 1.82) is 0 Å². The summed E-state index contributed by atoms with van der Waals surface area (Å²) in [5, 5.41) is 3.24. The van der Waals surface area contributed by atoms with Crippen LogP contribution in [0.25, 0.3) is 0 Å². The number of guanidine groups is 1. The Hall–Kier alpha value is -0.530. The first-order chi connectivity index (χ1) is 10.5. The van der Waals surface area contributed by atoms with Gasteiger partial charge in [-0.3, -0.25) is 9.79 Å². The molecule has 0 radical (unpaired) electrons. The van der Waals surface area contributed by atoms with Crippen LogP contribution in [-0.4, -0.2) is 31.6 Å². The minimum absolute atomic E-state index is 0. The first-order valence-electron chi connectivity index (χ1n) is 8.59. The third kappa shape index (κ3) is 17.7. The molecule has 0 aromatic heterocycles. The van der Waals surface area contributed by atoms with Crippen LogP contribution in [0, 0.1) is 5.92 Å². The third-order valence-electron chi connectivity index (χ3n) is 3.61. The van der Waals surface area contributed by atoms with E-state index in [-0.39, 0.29) is 29.9 Å². The van der Waals surface area contributed by atoms with Gasteiger partial charge in [0.05, 0.1) is 7.11 Å². The quantitative estimate of drug-likeness (QED) is 0.159. The van der Waals surface area contributed by atoms with Crippen LogP contribution in [0.3, 0.4) is 0 Å². The molecule has 0 fully saturated rings. The van der Waals surface area contributed by atoms with E-state index in [0.29, 0.717) is 18.4 Å². The molecule has 0 rings (SSSR count). The first-order valence-corrected chi connectivity index (χ1v) is 8.59. The van der Waals surface area contributed by atoms with Gasteiger partial charge in [-0.1, -0.05) is 39.5 Å². The summed E-state index contributed by atoms with van der Waals surface area (Å²) in [4.78, 5) is 15.3. The second kappa shape index (κ2) is 16.3. The van der Waals surface area contributed by atoms with Crippen LogP contribution in [0.1, 0.15) is 72.1 Å². The van der Waals surface area contributed by atoms with Crippen LogP contribution in [0.4, 0.5) is 0 Å². The molecule has 0 aliphatic rings. The largest absolute Gasteiger partial charge is 0.469 e. The summed E-state index contributed by atoms with van der Waals surface area (Å²) in [6, 6.07) is 0.377. The second-order valence-electron chi connectivity index (χ2n) is 6.38. The Bertz CT molecular complexity index is 323. The number of hydrogen-bond donors (Lipinski definition) is 2. The highest BCUT2D eigenvalue weighted by Gasteiger charge is 2.03. The summed E-state index contributed by atoms with van der Waals surface area (Å²) in [6.07, 6.45) is 8.11. The van der Waals surface area contributed by atoms with E-state index in [0.717, 1.165) is 44.6 Å². The van der Waals surface area contributed by atoms with Crippen LogP contribution in [0.2, 0.25) is 0 Å². The fourth-order valence-corrected chi connectivity index (χ4v) is 2.24. The average Bonchev–Trinajstić information content (AvgIpc) is 2.45. The predicted octanol–water partition coefficient (Wildman–Crippen LogP) is 3.85. The molecule has 0 aliphatic carbocycles. The number of nitrogens with one attached hydrogen (secondary N) is 1. The van der Waals surface area contributed by atoms with E-state index in [4.69, 9.17) is 5.73 Å². The lowest BCUT2D eigenvalue weighted by Crippen LogP contribution is -2.38. The van der Waals surface area contributed by atoms with Gasteiger partial charge in [0.25, 0.3) is 0 Å². The fourth-order valence-electron chi connectivity index (χ4n) is 2.24. The molecule has 1 atom stereocenters. The molecule has 0 aromatic rings. The maximum atomic E-state index is 10.9. The molecule has 138 valence electrons. The molecule has 6 heteroatoms. The number of hydrogen-bond acceptors (Lipinski definition) is 3. The Balaban J connectivity index is 0. The van der Waals surface area contributed by atoms with Crippen molar-refractivity contribution in [3.05, 3.63) is 0 Å². The van der Waals surface area contributed by atoms with Crippen molar-refractivity contribution in [2.75, 3.05) is 13.7 Å². The summed E-state index contributed by atoms with van der Waals surface area (Å²) in [5.41, 5.74) is 5.88. The van der Waals surface area contributed by atoms with E-state index >= 15 is 0 Å². The first kappa shape index (κ1) is 24.7. The number of aliphatic imine (C=N–C) groups is 1. The van der Waals surface area contributed by atoms with Crippen molar-refractivity contribution in [1.82, 2.24) is 5.32 Å². The smallest absolute Gasteiger partial charge is 0.305 e. The topological polar surface area (TPSA) is 76.7 Å². The zero-order valence-corrected chi connectivity index (χ0v) is 17.6. The highest BCUT2D eigenvalue weighted by molar-refractivity contribution is 14.0. The number of ether oxygens (including phenoxy) is 1. The van der Waals surface area contributed by atoms with Crippen LogP contribution >= 0.6 is 24.0 Å². The van der Waals surface area contributed by atoms with Crippen LogP contribution in [-0.2, 0) is 9.53 Å². The fraction of sp³-hybridized carbons (Fsp3) is 0.882. The summed E-state index contributed by atoms with van der Waals surface area (Å²) in [7, 11) is 1.43. The van der Waals surface area contributed by atoms with E-state index in [1.807, 2.05) is 0 Å². The second-order valence-corrected chi connectivity index (χ2v) is 6.38. The number of rotatable bonds is 12. The van der Waals surface area contributed by atoms with Crippen molar-refractivity contribution >= 4 is 35.9 Å².